The van der Waals surface area contributed by atoms with Crippen LogP contribution in [0.4, 0.5) is 10.5 Å². The van der Waals surface area contributed by atoms with E-state index in [1.165, 1.54) is 4.90 Å². The summed E-state index contributed by atoms with van der Waals surface area (Å²) in [6, 6.07) is 5.35. The molecule has 4 aliphatic rings. The highest BCUT2D eigenvalue weighted by atomic mass is 16.2. The number of nitrogens with one attached hydrogen (secondary N) is 2. The molecule has 0 aromatic heterocycles. The number of carbonyl (C=O) groups is 3. The highest BCUT2D eigenvalue weighted by molar-refractivity contribution is 6.06. The number of rotatable bonds is 3. The molecule has 1 aromatic carbocycles. The van der Waals surface area contributed by atoms with E-state index in [1.807, 2.05) is 32.0 Å². The third kappa shape index (κ3) is 2.60. The summed E-state index contributed by atoms with van der Waals surface area (Å²) < 4.78 is 0. The molecule has 5 rings (SSSR count). The summed E-state index contributed by atoms with van der Waals surface area (Å²) >= 11 is 0. The van der Waals surface area contributed by atoms with E-state index in [4.69, 9.17) is 0 Å². The second-order valence-corrected chi connectivity index (χ2v) is 7.50. The number of fused-ring (bicyclic) bond motifs is 1. The fraction of sp³-hybridized carbons (Fsp3) is 0.450. The van der Waals surface area contributed by atoms with Crippen LogP contribution in [0.2, 0.25) is 0 Å². The van der Waals surface area contributed by atoms with Crippen LogP contribution in [0.1, 0.15) is 24.0 Å². The van der Waals surface area contributed by atoms with Crippen LogP contribution in [0.15, 0.2) is 30.4 Å². The Kier molecular flexibility index (Phi) is 4.05. The van der Waals surface area contributed by atoms with Crippen molar-refractivity contribution in [1.29, 1.82) is 0 Å². The molecule has 2 bridgehead atoms. The fourth-order valence-electron chi connectivity index (χ4n) is 4.61. The first-order valence-electron chi connectivity index (χ1n) is 9.12. The molecular weight excluding hydrogens is 330 g/mol. The van der Waals surface area contributed by atoms with Gasteiger partial charge in [-0.1, -0.05) is 30.4 Å². The third-order valence-electron chi connectivity index (χ3n) is 5.97. The average molecular weight is 353 g/mol. The third-order valence-corrected chi connectivity index (χ3v) is 5.97. The Balaban J connectivity index is 1.42. The number of hydrogen-bond donors (Lipinski definition) is 2. The number of likely N-dealkylation sites (tertiary alicyclic amines) is 1. The summed E-state index contributed by atoms with van der Waals surface area (Å²) in [4.78, 5) is 38.9. The van der Waals surface area contributed by atoms with Gasteiger partial charge in [-0.15, -0.1) is 0 Å². The van der Waals surface area contributed by atoms with E-state index in [2.05, 4.69) is 22.8 Å². The van der Waals surface area contributed by atoms with Crippen LogP contribution in [-0.2, 0) is 9.59 Å². The maximum absolute atomic E-state index is 12.7. The van der Waals surface area contributed by atoms with Crippen molar-refractivity contribution in [3.05, 3.63) is 41.5 Å². The standard InChI is InChI=1S/C20H23N3O3/c1-11-4-3-5-12(2)17(11)22-20(26)21-10-23-18(24)15-13-6-7-14(9-8-13)16(15)19(23)25/h3-7,13-16H,8-10H2,1-2H3,(H2,21,22,26)/t13-,14-,15-,16-/m0/s1. The number of carbonyl (C=O) groups excluding carboxylic acids is 3. The van der Waals surface area contributed by atoms with E-state index < -0.39 is 6.03 Å². The zero-order chi connectivity index (χ0) is 18.4. The van der Waals surface area contributed by atoms with Crippen LogP contribution in [0.5, 0.6) is 0 Å². The van der Waals surface area contributed by atoms with E-state index in [0.717, 1.165) is 29.7 Å². The van der Waals surface area contributed by atoms with E-state index >= 15 is 0 Å². The van der Waals surface area contributed by atoms with Gasteiger partial charge in [-0.25, -0.2) is 4.79 Å². The largest absolute Gasteiger partial charge is 0.320 e. The number of urea groups is 1. The fourth-order valence-corrected chi connectivity index (χ4v) is 4.61. The SMILES string of the molecule is Cc1cccc(C)c1NC(=O)NCN1C(=O)[C@@H]2[C@@H](C1=O)[C@H]1C=C[C@H]2CC1. The van der Waals surface area contributed by atoms with Crippen molar-refractivity contribution < 1.29 is 14.4 Å². The van der Waals surface area contributed by atoms with E-state index in [1.54, 1.807) is 0 Å². The maximum atomic E-state index is 12.7. The van der Waals surface area contributed by atoms with Crippen LogP contribution in [0.25, 0.3) is 0 Å². The zero-order valence-corrected chi connectivity index (χ0v) is 15.0. The Bertz CT molecular complexity index is 764. The molecule has 1 saturated carbocycles. The van der Waals surface area contributed by atoms with E-state index in [9.17, 15) is 14.4 Å². The van der Waals surface area contributed by atoms with Crippen LogP contribution in [0.3, 0.4) is 0 Å². The van der Waals surface area contributed by atoms with Gasteiger partial charge in [0.25, 0.3) is 0 Å². The molecule has 2 fully saturated rings. The normalized spacial score (nSPS) is 29.1. The molecule has 1 heterocycles. The maximum Gasteiger partial charge on any atom is 0.320 e. The quantitative estimate of drug-likeness (QED) is 0.648. The van der Waals surface area contributed by atoms with Crippen molar-refractivity contribution in [2.24, 2.45) is 23.7 Å². The highest BCUT2D eigenvalue weighted by Gasteiger charge is 2.56. The van der Waals surface area contributed by atoms with Gasteiger partial charge in [-0.2, -0.15) is 0 Å². The lowest BCUT2D eigenvalue weighted by Gasteiger charge is -2.38. The summed E-state index contributed by atoms with van der Waals surface area (Å²) in [5.74, 6) is -0.452. The molecule has 4 amide bonds. The van der Waals surface area contributed by atoms with Crippen LogP contribution < -0.4 is 10.6 Å². The first-order valence-corrected chi connectivity index (χ1v) is 9.12. The number of imide groups is 1. The number of nitrogens with zero attached hydrogens (tertiary/aromatic N) is 1. The number of anilines is 1. The Morgan fingerprint density at radius 1 is 1.04 bits per heavy atom. The van der Waals surface area contributed by atoms with Crippen LogP contribution in [0, 0.1) is 37.5 Å². The zero-order valence-electron chi connectivity index (χ0n) is 15.0. The highest BCUT2D eigenvalue weighted by Crippen LogP contribution is 2.49. The van der Waals surface area contributed by atoms with Crippen molar-refractivity contribution in [2.75, 3.05) is 12.0 Å². The van der Waals surface area contributed by atoms with Gasteiger partial charge in [0.2, 0.25) is 11.8 Å². The molecule has 0 spiro atoms. The Morgan fingerprint density at radius 3 is 2.08 bits per heavy atom. The lowest BCUT2D eigenvalue weighted by atomic mass is 9.63. The molecule has 0 radical (unpaired) electrons. The molecule has 1 aliphatic heterocycles. The molecule has 136 valence electrons. The number of para-hydroxylation sites is 1. The van der Waals surface area contributed by atoms with E-state index in [0.29, 0.717) is 0 Å². The van der Waals surface area contributed by atoms with Crippen molar-refractivity contribution in [1.82, 2.24) is 10.2 Å². The van der Waals surface area contributed by atoms with Gasteiger partial charge in [0.05, 0.1) is 11.8 Å². The minimum atomic E-state index is -0.418. The summed E-state index contributed by atoms with van der Waals surface area (Å²) in [7, 11) is 0. The lowest BCUT2D eigenvalue weighted by molar-refractivity contribution is -0.140. The number of benzene rings is 1. The average Bonchev–Trinajstić information content (AvgIpc) is 2.90. The molecule has 0 unspecified atom stereocenters. The van der Waals surface area contributed by atoms with Crippen molar-refractivity contribution in [2.45, 2.75) is 26.7 Å². The molecule has 3 aliphatic carbocycles. The second-order valence-electron chi connectivity index (χ2n) is 7.50. The molecule has 26 heavy (non-hydrogen) atoms. The smallest absolute Gasteiger partial charge is 0.320 e. The predicted octanol–water partition coefficient (Wildman–Crippen LogP) is 2.58. The molecular formula is C20H23N3O3. The number of aryl methyl sites for hydroxylation is 2. The Labute approximate surface area is 152 Å². The minimum absolute atomic E-state index is 0.0825. The van der Waals surface area contributed by atoms with Crippen LogP contribution in [-0.4, -0.2) is 29.4 Å². The molecule has 6 heteroatoms. The lowest BCUT2D eigenvalue weighted by Crippen LogP contribution is -2.43. The van der Waals surface area contributed by atoms with Crippen molar-refractivity contribution in [3.63, 3.8) is 0 Å². The van der Waals surface area contributed by atoms with Gasteiger partial charge >= 0.3 is 6.03 Å². The summed E-state index contributed by atoms with van der Waals surface area (Å²) in [6.07, 6.45) is 6.11. The summed E-state index contributed by atoms with van der Waals surface area (Å²) in [6.45, 7) is 3.76. The van der Waals surface area contributed by atoms with Gasteiger partial charge in [-0.05, 0) is 49.7 Å². The van der Waals surface area contributed by atoms with Crippen molar-refractivity contribution >= 4 is 23.5 Å². The molecule has 6 nitrogen and oxygen atoms in total. The van der Waals surface area contributed by atoms with Gasteiger partial charge in [0, 0.05) is 5.69 Å². The molecule has 1 aromatic rings. The summed E-state index contributed by atoms with van der Waals surface area (Å²) in [5.41, 5.74) is 2.67. The van der Waals surface area contributed by atoms with Crippen molar-refractivity contribution in [3.8, 4) is 0 Å². The molecule has 1 saturated heterocycles. The first kappa shape index (κ1) is 16.8. The molecule has 4 atom stereocenters. The second kappa shape index (κ2) is 6.27. The number of hydrogen-bond acceptors (Lipinski definition) is 3. The number of allylic oxidation sites excluding steroid dienone is 2. The van der Waals surface area contributed by atoms with E-state index in [-0.39, 0.29) is 42.2 Å². The summed E-state index contributed by atoms with van der Waals surface area (Å²) in [5, 5.41) is 5.48. The minimum Gasteiger partial charge on any atom is -0.320 e. The molecule has 2 N–H and O–H groups in total. The van der Waals surface area contributed by atoms with Gasteiger partial charge in [-0.3, -0.25) is 14.5 Å². The topological polar surface area (TPSA) is 78.5 Å². The monoisotopic (exact) mass is 353 g/mol. The van der Waals surface area contributed by atoms with Gasteiger partial charge in [0.1, 0.15) is 6.67 Å². The Morgan fingerprint density at radius 2 is 1.58 bits per heavy atom. The van der Waals surface area contributed by atoms with Gasteiger partial charge in [0.15, 0.2) is 0 Å². The van der Waals surface area contributed by atoms with Crippen LogP contribution >= 0.6 is 0 Å². The number of amides is 4. The predicted molar refractivity (Wildman–Crippen MR) is 97.1 cm³/mol. The first-order chi connectivity index (χ1) is 12.5. The van der Waals surface area contributed by atoms with Gasteiger partial charge < -0.3 is 10.6 Å². The Hall–Kier alpha value is -2.63.